The van der Waals surface area contributed by atoms with Crippen LogP contribution in [0.4, 0.5) is 5.69 Å². The lowest BCUT2D eigenvalue weighted by Crippen LogP contribution is -2.30. The fourth-order valence-electron chi connectivity index (χ4n) is 2.75. The van der Waals surface area contributed by atoms with Crippen LogP contribution >= 0.6 is 0 Å². The van der Waals surface area contributed by atoms with Gasteiger partial charge >= 0.3 is 5.97 Å². The Labute approximate surface area is 175 Å². The van der Waals surface area contributed by atoms with Crippen molar-refractivity contribution in [3.05, 3.63) is 47.5 Å². The summed E-state index contributed by atoms with van der Waals surface area (Å²) in [5.41, 5.74) is 1.68. The van der Waals surface area contributed by atoms with Crippen LogP contribution in [0.1, 0.15) is 24.5 Å². The molecule has 1 N–H and O–H groups in total. The number of rotatable bonds is 9. The van der Waals surface area contributed by atoms with Gasteiger partial charge in [0.15, 0.2) is 17.6 Å². The Morgan fingerprint density at radius 2 is 1.73 bits per heavy atom. The van der Waals surface area contributed by atoms with Gasteiger partial charge in [-0.25, -0.2) is 0 Å². The molecule has 0 fully saturated rings. The molecule has 0 radical (unpaired) electrons. The van der Waals surface area contributed by atoms with E-state index in [0.717, 1.165) is 5.56 Å². The van der Waals surface area contributed by atoms with Crippen LogP contribution in [0.5, 0.6) is 17.2 Å². The van der Waals surface area contributed by atoms with Crippen LogP contribution in [0.25, 0.3) is 0 Å². The third-order valence-corrected chi connectivity index (χ3v) is 4.28. The van der Waals surface area contributed by atoms with Crippen molar-refractivity contribution < 1.29 is 28.5 Å². The molecule has 0 saturated heterocycles. The summed E-state index contributed by atoms with van der Waals surface area (Å²) in [6.45, 7) is 1.49. The lowest BCUT2D eigenvalue weighted by molar-refractivity contribution is -0.153. The van der Waals surface area contributed by atoms with Crippen LogP contribution in [0.3, 0.4) is 0 Å². The van der Waals surface area contributed by atoms with E-state index in [9.17, 15) is 9.59 Å². The smallest absolute Gasteiger partial charge is 0.306 e. The van der Waals surface area contributed by atoms with Crippen molar-refractivity contribution >= 4 is 17.6 Å². The second kappa shape index (κ2) is 10.7. The monoisotopic (exact) mass is 412 g/mol. The Morgan fingerprint density at radius 1 is 1.07 bits per heavy atom. The van der Waals surface area contributed by atoms with Crippen molar-refractivity contribution in [3.63, 3.8) is 0 Å². The van der Waals surface area contributed by atoms with Crippen LogP contribution in [-0.2, 0) is 20.7 Å². The third-order valence-electron chi connectivity index (χ3n) is 4.28. The van der Waals surface area contributed by atoms with Crippen molar-refractivity contribution in [2.75, 3.05) is 26.6 Å². The van der Waals surface area contributed by atoms with E-state index < -0.39 is 18.0 Å². The Hall–Kier alpha value is -3.73. The predicted octanol–water partition coefficient (Wildman–Crippen LogP) is 3.09. The highest BCUT2D eigenvalue weighted by atomic mass is 16.5. The molecule has 158 valence electrons. The molecule has 0 bridgehead atoms. The highest BCUT2D eigenvalue weighted by Gasteiger charge is 2.19. The molecule has 0 heterocycles. The molecule has 0 aliphatic heterocycles. The minimum absolute atomic E-state index is 0.0696. The minimum Gasteiger partial charge on any atom is -0.493 e. The van der Waals surface area contributed by atoms with E-state index >= 15 is 0 Å². The van der Waals surface area contributed by atoms with E-state index in [0.29, 0.717) is 34.9 Å². The largest absolute Gasteiger partial charge is 0.493 e. The van der Waals surface area contributed by atoms with Crippen molar-refractivity contribution in [1.82, 2.24) is 0 Å². The number of ether oxygens (including phenoxy) is 4. The van der Waals surface area contributed by atoms with E-state index in [1.807, 2.05) is 6.07 Å². The maximum absolute atomic E-state index is 12.2. The van der Waals surface area contributed by atoms with Gasteiger partial charge in [0.2, 0.25) is 5.75 Å². The average molecular weight is 412 g/mol. The van der Waals surface area contributed by atoms with Crippen LogP contribution in [0, 0.1) is 11.3 Å². The fraction of sp³-hybridized carbons (Fsp3) is 0.318. The first-order valence-electron chi connectivity index (χ1n) is 9.21. The molecule has 0 unspecified atom stereocenters. The topological polar surface area (TPSA) is 107 Å². The molecule has 1 amide bonds. The SMILES string of the molecule is COc1cc(CCC(=O)O[C@@H](C)C(=O)Nc2cccc(C#N)c2)cc(OC)c1OC. The molecular weight excluding hydrogens is 388 g/mol. The van der Waals surface area contributed by atoms with Gasteiger partial charge in [0.05, 0.1) is 33.0 Å². The number of carbonyl (C=O) groups is 2. The Morgan fingerprint density at radius 3 is 2.30 bits per heavy atom. The molecule has 2 rings (SSSR count). The average Bonchev–Trinajstić information content (AvgIpc) is 2.76. The third kappa shape index (κ3) is 5.88. The maximum atomic E-state index is 12.2. The van der Waals surface area contributed by atoms with Gasteiger partial charge in [0, 0.05) is 12.1 Å². The van der Waals surface area contributed by atoms with Gasteiger partial charge in [-0.15, -0.1) is 0 Å². The molecular formula is C22H24N2O6. The molecule has 0 aromatic heterocycles. The van der Waals surface area contributed by atoms with Crippen molar-refractivity contribution in [1.29, 1.82) is 5.26 Å². The summed E-state index contributed by atoms with van der Waals surface area (Å²) in [5.74, 6) is 0.459. The second-order valence-electron chi connectivity index (χ2n) is 6.35. The minimum atomic E-state index is -0.983. The Balaban J connectivity index is 1.93. The number of carbonyl (C=O) groups excluding carboxylic acids is 2. The first kappa shape index (κ1) is 22.6. The van der Waals surface area contributed by atoms with E-state index in [4.69, 9.17) is 24.2 Å². The van der Waals surface area contributed by atoms with Gasteiger partial charge < -0.3 is 24.3 Å². The molecule has 2 aromatic rings. The summed E-state index contributed by atoms with van der Waals surface area (Å²) >= 11 is 0. The van der Waals surface area contributed by atoms with Gasteiger partial charge in [0.25, 0.3) is 5.91 Å². The molecule has 30 heavy (non-hydrogen) atoms. The molecule has 0 spiro atoms. The Kier molecular flexibility index (Phi) is 8.06. The number of aryl methyl sites for hydroxylation is 1. The normalized spacial score (nSPS) is 11.0. The summed E-state index contributed by atoms with van der Waals surface area (Å²) in [6, 6.07) is 12.0. The number of benzene rings is 2. The number of esters is 1. The second-order valence-corrected chi connectivity index (χ2v) is 6.35. The molecule has 1 atom stereocenters. The maximum Gasteiger partial charge on any atom is 0.306 e. The van der Waals surface area contributed by atoms with E-state index in [1.54, 1.807) is 30.3 Å². The number of nitrogens with one attached hydrogen (secondary N) is 1. The van der Waals surface area contributed by atoms with Gasteiger partial charge in [-0.1, -0.05) is 6.07 Å². The van der Waals surface area contributed by atoms with Crippen LogP contribution in [0.2, 0.25) is 0 Å². The first-order valence-corrected chi connectivity index (χ1v) is 9.21. The molecule has 0 aliphatic rings. The van der Waals surface area contributed by atoms with E-state index in [-0.39, 0.29) is 6.42 Å². The summed E-state index contributed by atoms with van der Waals surface area (Å²) in [4.78, 5) is 24.4. The number of hydrogen-bond donors (Lipinski definition) is 1. The number of hydrogen-bond acceptors (Lipinski definition) is 7. The van der Waals surface area contributed by atoms with E-state index in [1.165, 1.54) is 34.3 Å². The van der Waals surface area contributed by atoms with Gasteiger partial charge in [0.1, 0.15) is 0 Å². The summed E-state index contributed by atoms with van der Waals surface area (Å²) in [7, 11) is 4.55. The zero-order chi connectivity index (χ0) is 22.1. The molecule has 0 aliphatic carbocycles. The van der Waals surface area contributed by atoms with Crippen molar-refractivity contribution in [2.45, 2.75) is 25.9 Å². The molecule has 8 heteroatoms. The first-order chi connectivity index (χ1) is 14.4. The van der Waals surface area contributed by atoms with Gasteiger partial charge in [-0.05, 0) is 49.2 Å². The van der Waals surface area contributed by atoms with E-state index in [2.05, 4.69) is 5.32 Å². The lowest BCUT2D eigenvalue weighted by Gasteiger charge is -2.15. The number of methoxy groups -OCH3 is 3. The molecule has 0 saturated carbocycles. The van der Waals surface area contributed by atoms with Crippen LogP contribution in [-0.4, -0.2) is 39.3 Å². The van der Waals surface area contributed by atoms with Gasteiger partial charge in [-0.2, -0.15) is 5.26 Å². The molecule has 2 aromatic carbocycles. The quantitative estimate of drug-likeness (QED) is 0.631. The number of anilines is 1. The predicted molar refractivity (Wildman–Crippen MR) is 110 cm³/mol. The van der Waals surface area contributed by atoms with Crippen molar-refractivity contribution in [2.24, 2.45) is 0 Å². The highest BCUT2D eigenvalue weighted by Crippen LogP contribution is 2.38. The summed E-state index contributed by atoms with van der Waals surface area (Å²) in [5, 5.41) is 11.5. The zero-order valence-electron chi connectivity index (χ0n) is 17.4. The summed E-state index contributed by atoms with van der Waals surface area (Å²) < 4.78 is 21.1. The molecule has 8 nitrogen and oxygen atoms in total. The number of nitriles is 1. The number of amides is 1. The van der Waals surface area contributed by atoms with Crippen molar-refractivity contribution in [3.8, 4) is 23.3 Å². The van der Waals surface area contributed by atoms with Gasteiger partial charge in [-0.3, -0.25) is 9.59 Å². The Bertz CT molecular complexity index is 926. The lowest BCUT2D eigenvalue weighted by atomic mass is 10.1. The highest BCUT2D eigenvalue weighted by molar-refractivity contribution is 5.95. The standard InChI is InChI=1S/C22H24N2O6/c1-14(22(26)24-17-7-5-6-16(10-17)13-23)30-20(25)9-8-15-11-18(27-2)21(29-4)19(12-15)28-3/h5-7,10-12,14H,8-9H2,1-4H3,(H,24,26)/t14-/m0/s1. The zero-order valence-corrected chi connectivity index (χ0v) is 17.4. The number of nitrogens with zero attached hydrogens (tertiary/aromatic N) is 1. The van der Waals surface area contributed by atoms with Crippen LogP contribution in [0.15, 0.2) is 36.4 Å². The summed E-state index contributed by atoms with van der Waals surface area (Å²) in [6.07, 6.45) is -0.544. The fourth-order valence-corrected chi connectivity index (χ4v) is 2.75. The van der Waals surface area contributed by atoms with Crippen LogP contribution < -0.4 is 19.5 Å².